The summed E-state index contributed by atoms with van der Waals surface area (Å²) in [5.74, 6) is 1.03. The van der Waals surface area contributed by atoms with E-state index in [1.165, 1.54) is 37.7 Å². The Balaban J connectivity index is 0.000000386. The van der Waals surface area contributed by atoms with Crippen LogP contribution in [0.25, 0.3) is 0 Å². The molecule has 16 heavy (non-hydrogen) atoms. The molecular weight excluding hydrogens is 196 g/mol. The number of rotatable bonds is 2. The van der Waals surface area contributed by atoms with Gasteiger partial charge in [0.25, 0.3) is 0 Å². The molecule has 0 heterocycles. The summed E-state index contributed by atoms with van der Waals surface area (Å²) in [6, 6.07) is 8.31. The van der Waals surface area contributed by atoms with Crippen molar-refractivity contribution < 1.29 is 4.74 Å². The summed E-state index contributed by atoms with van der Waals surface area (Å²) in [6.07, 6.45) is 6.84. The molecule has 90 valence electrons. The Morgan fingerprint density at radius 1 is 1.19 bits per heavy atom. The smallest absolute Gasteiger partial charge is 0.119 e. The van der Waals surface area contributed by atoms with Crippen molar-refractivity contribution in [3.8, 4) is 5.75 Å². The fourth-order valence-electron chi connectivity index (χ4n) is 1.89. The molecule has 0 N–H and O–H groups in total. The van der Waals surface area contributed by atoms with E-state index in [0.29, 0.717) is 6.10 Å². The molecule has 1 aliphatic rings. The molecular formula is C15H24O. The van der Waals surface area contributed by atoms with Crippen molar-refractivity contribution in [2.75, 3.05) is 0 Å². The third-order valence-electron chi connectivity index (χ3n) is 2.59. The van der Waals surface area contributed by atoms with Crippen LogP contribution in [0.4, 0.5) is 0 Å². The third-order valence-corrected chi connectivity index (χ3v) is 2.59. The van der Waals surface area contributed by atoms with Crippen molar-refractivity contribution in [2.24, 2.45) is 0 Å². The van der Waals surface area contributed by atoms with E-state index in [9.17, 15) is 0 Å². The lowest BCUT2D eigenvalue weighted by Crippen LogP contribution is -2.10. The monoisotopic (exact) mass is 220 g/mol. The number of aryl methyl sites for hydroxylation is 1. The quantitative estimate of drug-likeness (QED) is 0.700. The van der Waals surface area contributed by atoms with Gasteiger partial charge in [0, 0.05) is 0 Å². The lowest BCUT2D eigenvalue weighted by atomic mass is 10.2. The Bertz CT molecular complexity index is 287. The second-order valence-corrected chi connectivity index (χ2v) is 4.55. The van der Waals surface area contributed by atoms with Crippen molar-refractivity contribution in [3.05, 3.63) is 29.8 Å². The van der Waals surface area contributed by atoms with E-state index in [-0.39, 0.29) is 0 Å². The molecule has 0 amide bonds. The van der Waals surface area contributed by atoms with Crippen LogP contribution in [0.3, 0.4) is 0 Å². The van der Waals surface area contributed by atoms with E-state index in [0.717, 1.165) is 5.75 Å². The zero-order valence-electron chi connectivity index (χ0n) is 10.8. The van der Waals surface area contributed by atoms with Gasteiger partial charge in [-0.25, -0.2) is 0 Å². The predicted octanol–water partition coefficient (Wildman–Crippen LogP) is 4.73. The molecule has 1 fully saturated rings. The second kappa shape index (κ2) is 7.32. The van der Waals surface area contributed by atoms with Gasteiger partial charge in [0.2, 0.25) is 0 Å². The van der Waals surface area contributed by atoms with E-state index in [1.54, 1.807) is 0 Å². The normalized spacial score (nSPS) is 15.4. The van der Waals surface area contributed by atoms with E-state index in [2.05, 4.69) is 39.0 Å². The third kappa shape index (κ3) is 4.69. The van der Waals surface area contributed by atoms with Crippen LogP contribution in [0.5, 0.6) is 5.75 Å². The zero-order chi connectivity index (χ0) is 11.8. The highest BCUT2D eigenvalue weighted by atomic mass is 16.5. The Morgan fingerprint density at radius 2 is 1.81 bits per heavy atom. The standard InChI is InChI=1S/C12H16O.C3H8/c1-10-5-4-8-12(9-10)13-11-6-2-3-7-11;1-3-2/h4-5,8-9,11H,2-3,6-7H2,1H3;3H2,1-2H3. The first-order chi connectivity index (χ1) is 7.76. The van der Waals surface area contributed by atoms with Crippen LogP contribution in [-0.4, -0.2) is 6.10 Å². The minimum atomic E-state index is 0.474. The van der Waals surface area contributed by atoms with Crippen LogP contribution in [0.15, 0.2) is 24.3 Å². The molecule has 1 aliphatic carbocycles. The van der Waals surface area contributed by atoms with Crippen LogP contribution in [0, 0.1) is 6.92 Å². The van der Waals surface area contributed by atoms with Gasteiger partial charge < -0.3 is 4.74 Å². The van der Waals surface area contributed by atoms with Crippen LogP contribution < -0.4 is 4.74 Å². The maximum absolute atomic E-state index is 5.86. The summed E-state index contributed by atoms with van der Waals surface area (Å²) in [4.78, 5) is 0. The van der Waals surface area contributed by atoms with E-state index < -0.39 is 0 Å². The van der Waals surface area contributed by atoms with Crippen LogP contribution in [0.1, 0.15) is 51.5 Å². The van der Waals surface area contributed by atoms with E-state index in [4.69, 9.17) is 4.74 Å². The summed E-state index contributed by atoms with van der Waals surface area (Å²) in [7, 11) is 0. The van der Waals surface area contributed by atoms with Crippen molar-refractivity contribution in [3.63, 3.8) is 0 Å². The van der Waals surface area contributed by atoms with Gasteiger partial charge in [0.1, 0.15) is 5.75 Å². The molecule has 0 bridgehead atoms. The first kappa shape index (κ1) is 13.1. The average Bonchev–Trinajstić information content (AvgIpc) is 2.71. The fourth-order valence-corrected chi connectivity index (χ4v) is 1.89. The molecule has 0 aliphatic heterocycles. The Hall–Kier alpha value is -0.980. The van der Waals surface area contributed by atoms with Gasteiger partial charge >= 0.3 is 0 Å². The topological polar surface area (TPSA) is 9.23 Å². The number of ether oxygens (including phenoxy) is 1. The van der Waals surface area contributed by atoms with Crippen molar-refractivity contribution in [1.82, 2.24) is 0 Å². The van der Waals surface area contributed by atoms with Crippen LogP contribution in [-0.2, 0) is 0 Å². The minimum Gasteiger partial charge on any atom is -0.490 e. The summed E-state index contributed by atoms with van der Waals surface area (Å²) in [6.45, 7) is 6.35. The maximum atomic E-state index is 5.86. The molecule has 1 aromatic rings. The molecule has 0 unspecified atom stereocenters. The predicted molar refractivity (Wildman–Crippen MR) is 70.0 cm³/mol. The van der Waals surface area contributed by atoms with Gasteiger partial charge in [-0.3, -0.25) is 0 Å². The van der Waals surface area contributed by atoms with Gasteiger partial charge in [-0.1, -0.05) is 32.4 Å². The van der Waals surface area contributed by atoms with Crippen LogP contribution >= 0.6 is 0 Å². The Morgan fingerprint density at radius 3 is 2.38 bits per heavy atom. The largest absolute Gasteiger partial charge is 0.490 e. The molecule has 0 saturated heterocycles. The Kier molecular flexibility index (Phi) is 5.99. The van der Waals surface area contributed by atoms with Gasteiger partial charge in [0.15, 0.2) is 0 Å². The summed E-state index contributed by atoms with van der Waals surface area (Å²) >= 11 is 0. The minimum absolute atomic E-state index is 0.474. The van der Waals surface area contributed by atoms with Gasteiger partial charge in [-0.05, 0) is 50.3 Å². The lowest BCUT2D eigenvalue weighted by molar-refractivity contribution is 0.210. The molecule has 1 aromatic carbocycles. The van der Waals surface area contributed by atoms with E-state index >= 15 is 0 Å². The van der Waals surface area contributed by atoms with Crippen LogP contribution in [0.2, 0.25) is 0 Å². The maximum Gasteiger partial charge on any atom is 0.119 e. The molecule has 1 nitrogen and oxygen atoms in total. The van der Waals surface area contributed by atoms with Crippen molar-refractivity contribution >= 4 is 0 Å². The first-order valence-corrected chi connectivity index (χ1v) is 6.49. The Labute approximate surface area is 99.8 Å². The molecule has 1 heteroatoms. The number of hydrogen-bond acceptors (Lipinski definition) is 1. The summed E-state index contributed by atoms with van der Waals surface area (Å²) in [5.41, 5.74) is 1.27. The second-order valence-electron chi connectivity index (χ2n) is 4.55. The summed E-state index contributed by atoms with van der Waals surface area (Å²) < 4.78 is 5.86. The highest BCUT2D eigenvalue weighted by Crippen LogP contribution is 2.24. The molecule has 0 radical (unpaired) electrons. The first-order valence-electron chi connectivity index (χ1n) is 6.49. The molecule has 0 spiro atoms. The van der Waals surface area contributed by atoms with E-state index in [1.807, 2.05) is 6.07 Å². The van der Waals surface area contributed by atoms with Crippen molar-refractivity contribution in [2.45, 2.75) is 59.0 Å². The highest BCUT2D eigenvalue weighted by molar-refractivity contribution is 5.27. The molecule has 1 saturated carbocycles. The van der Waals surface area contributed by atoms with Gasteiger partial charge in [0.05, 0.1) is 6.10 Å². The van der Waals surface area contributed by atoms with Gasteiger partial charge in [-0.2, -0.15) is 0 Å². The number of hydrogen-bond donors (Lipinski definition) is 0. The molecule has 2 rings (SSSR count). The molecule has 0 atom stereocenters. The lowest BCUT2D eigenvalue weighted by Gasteiger charge is -2.12. The molecule has 0 aromatic heterocycles. The van der Waals surface area contributed by atoms with Crippen molar-refractivity contribution in [1.29, 1.82) is 0 Å². The average molecular weight is 220 g/mol. The zero-order valence-corrected chi connectivity index (χ0v) is 10.8. The highest BCUT2D eigenvalue weighted by Gasteiger charge is 2.15. The SMILES string of the molecule is CCC.Cc1cccc(OC2CCCC2)c1. The summed E-state index contributed by atoms with van der Waals surface area (Å²) in [5, 5.41) is 0. The number of benzene rings is 1. The fraction of sp³-hybridized carbons (Fsp3) is 0.600. The van der Waals surface area contributed by atoms with Gasteiger partial charge in [-0.15, -0.1) is 0 Å².